The topological polar surface area (TPSA) is 64.3 Å². The lowest BCUT2D eigenvalue weighted by atomic mass is 9.85. The Morgan fingerprint density at radius 3 is 2.65 bits per heavy atom. The van der Waals surface area contributed by atoms with Gasteiger partial charge in [-0.05, 0) is 63.3 Å². The van der Waals surface area contributed by atoms with Crippen molar-refractivity contribution in [3.8, 4) is 6.07 Å². The molecule has 4 nitrogen and oxygen atoms in total. The third kappa shape index (κ3) is 2.77. The fraction of sp³-hybridized carbons (Fsp3) is 0.500. The van der Waals surface area contributed by atoms with E-state index in [1.54, 1.807) is 4.90 Å². The molecule has 0 saturated carbocycles. The number of hydrogen-bond donors (Lipinski definition) is 1. The number of nitriles is 1. The Balaban J connectivity index is 2.27. The van der Waals surface area contributed by atoms with Crippen LogP contribution in [-0.2, 0) is 12.8 Å². The molecule has 0 bridgehead atoms. The zero-order valence-corrected chi connectivity index (χ0v) is 12.2. The van der Waals surface area contributed by atoms with Crippen LogP contribution in [0.5, 0.6) is 0 Å². The van der Waals surface area contributed by atoms with E-state index in [2.05, 4.69) is 6.07 Å². The monoisotopic (exact) mass is 272 g/mol. The van der Waals surface area contributed by atoms with Crippen molar-refractivity contribution in [1.29, 1.82) is 5.26 Å². The molecular weight excluding hydrogens is 252 g/mol. The zero-order chi connectivity index (χ0) is 14.9. The van der Waals surface area contributed by atoms with E-state index in [0.717, 1.165) is 24.8 Å². The van der Waals surface area contributed by atoms with Gasteiger partial charge in [0.05, 0.1) is 11.6 Å². The number of rotatable bonds is 1. The van der Waals surface area contributed by atoms with Crippen LogP contribution < -0.4 is 0 Å². The number of carbonyl (C=O) groups is 1. The fourth-order valence-corrected chi connectivity index (χ4v) is 3.02. The molecule has 1 aliphatic rings. The fourth-order valence-electron chi connectivity index (χ4n) is 3.02. The molecular formula is C16H20N2O2. The first-order valence-corrected chi connectivity index (χ1v) is 6.87. The van der Waals surface area contributed by atoms with Crippen molar-refractivity contribution in [3.05, 3.63) is 34.9 Å². The minimum Gasteiger partial charge on any atom is -0.465 e. The highest BCUT2D eigenvalue weighted by molar-refractivity contribution is 5.66. The summed E-state index contributed by atoms with van der Waals surface area (Å²) in [5, 5.41) is 18.4. The summed E-state index contributed by atoms with van der Waals surface area (Å²) in [4.78, 5) is 13.1. The van der Waals surface area contributed by atoms with Crippen molar-refractivity contribution in [2.75, 3.05) is 0 Å². The Labute approximate surface area is 119 Å². The Bertz CT molecular complexity index is 567. The second-order valence-corrected chi connectivity index (χ2v) is 6.32. The van der Waals surface area contributed by atoms with Crippen LogP contribution in [-0.4, -0.2) is 27.7 Å². The van der Waals surface area contributed by atoms with Gasteiger partial charge in [0.2, 0.25) is 0 Å². The molecule has 20 heavy (non-hydrogen) atoms. The van der Waals surface area contributed by atoms with Gasteiger partial charge in [0.15, 0.2) is 0 Å². The van der Waals surface area contributed by atoms with Crippen LogP contribution in [0.15, 0.2) is 18.2 Å². The predicted molar refractivity (Wildman–Crippen MR) is 76.6 cm³/mol. The molecule has 0 radical (unpaired) electrons. The molecule has 106 valence electrons. The molecule has 0 aromatic heterocycles. The smallest absolute Gasteiger partial charge is 0.407 e. The van der Waals surface area contributed by atoms with Crippen molar-refractivity contribution in [2.24, 2.45) is 0 Å². The maximum atomic E-state index is 11.5. The third-order valence-corrected chi connectivity index (χ3v) is 3.83. The lowest BCUT2D eigenvalue weighted by Crippen LogP contribution is -2.52. The van der Waals surface area contributed by atoms with E-state index in [-0.39, 0.29) is 6.04 Å². The molecule has 0 saturated heterocycles. The lowest BCUT2D eigenvalue weighted by molar-refractivity contribution is 0.0653. The van der Waals surface area contributed by atoms with Crippen LogP contribution in [0.25, 0.3) is 0 Å². The summed E-state index contributed by atoms with van der Waals surface area (Å²) in [5.41, 5.74) is 2.61. The number of aryl methyl sites for hydroxylation is 1. The number of amides is 1. The van der Waals surface area contributed by atoms with Gasteiger partial charge in [-0.25, -0.2) is 4.79 Å². The van der Waals surface area contributed by atoms with E-state index in [0.29, 0.717) is 5.56 Å². The summed E-state index contributed by atoms with van der Waals surface area (Å²) in [6, 6.07) is 7.85. The third-order valence-electron chi connectivity index (χ3n) is 3.83. The first-order valence-electron chi connectivity index (χ1n) is 6.87. The molecule has 1 N–H and O–H groups in total. The predicted octanol–water partition coefficient (Wildman–Crippen LogP) is 3.19. The highest BCUT2D eigenvalue weighted by Gasteiger charge is 2.35. The number of hydrogen-bond acceptors (Lipinski definition) is 2. The van der Waals surface area contributed by atoms with E-state index in [4.69, 9.17) is 5.26 Å². The Morgan fingerprint density at radius 1 is 1.40 bits per heavy atom. The van der Waals surface area contributed by atoms with Crippen molar-refractivity contribution >= 4 is 6.09 Å². The summed E-state index contributed by atoms with van der Waals surface area (Å²) in [5.74, 6) is 0. The molecule has 1 aromatic carbocycles. The summed E-state index contributed by atoms with van der Waals surface area (Å²) >= 11 is 0. The molecule has 2 rings (SSSR count). The lowest BCUT2D eigenvalue weighted by Gasteiger charge is -2.41. The largest absolute Gasteiger partial charge is 0.465 e. The number of benzene rings is 1. The standard InChI is InChI=1S/C16H20N2O2/c1-16(2,3)18(15(19)20)14-7-6-12-8-11(10-17)4-5-13(12)9-14/h4-5,8,14H,6-7,9H2,1-3H3,(H,19,20)/t14-/m0/s1. The Kier molecular flexibility index (Phi) is 3.71. The highest BCUT2D eigenvalue weighted by Crippen LogP contribution is 2.29. The molecule has 4 heteroatoms. The van der Waals surface area contributed by atoms with Crippen LogP contribution in [0.1, 0.15) is 43.9 Å². The van der Waals surface area contributed by atoms with Gasteiger partial charge in [-0.3, -0.25) is 0 Å². The average Bonchev–Trinajstić information content (AvgIpc) is 2.36. The SMILES string of the molecule is CC(C)(C)N(C(=O)O)[C@H]1CCc2cc(C#N)ccc2C1. The maximum absolute atomic E-state index is 11.5. The molecule has 0 aliphatic heterocycles. The van der Waals surface area contributed by atoms with Crippen molar-refractivity contribution < 1.29 is 9.90 Å². The molecule has 1 amide bonds. The van der Waals surface area contributed by atoms with Crippen LogP contribution >= 0.6 is 0 Å². The molecule has 1 aromatic rings. The Morgan fingerprint density at radius 2 is 2.10 bits per heavy atom. The first kappa shape index (κ1) is 14.4. The van der Waals surface area contributed by atoms with E-state index in [9.17, 15) is 9.90 Å². The van der Waals surface area contributed by atoms with Gasteiger partial charge >= 0.3 is 6.09 Å². The van der Waals surface area contributed by atoms with Crippen molar-refractivity contribution in [1.82, 2.24) is 4.90 Å². The van der Waals surface area contributed by atoms with Crippen LogP contribution in [0.2, 0.25) is 0 Å². The molecule has 0 heterocycles. The van der Waals surface area contributed by atoms with Gasteiger partial charge in [-0.2, -0.15) is 5.26 Å². The van der Waals surface area contributed by atoms with Gasteiger partial charge in [-0.1, -0.05) is 6.07 Å². The Hall–Kier alpha value is -2.02. The van der Waals surface area contributed by atoms with E-state index in [1.165, 1.54) is 5.56 Å². The van der Waals surface area contributed by atoms with Crippen molar-refractivity contribution in [2.45, 2.75) is 51.6 Å². The molecule has 0 unspecified atom stereocenters. The van der Waals surface area contributed by atoms with E-state index in [1.807, 2.05) is 39.0 Å². The minimum atomic E-state index is -0.861. The second-order valence-electron chi connectivity index (χ2n) is 6.32. The minimum absolute atomic E-state index is 0.00735. The first-order chi connectivity index (χ1) is 9.32. The van der Waals surface area contributed by atoms with Gasteiger partial charge < -0.3 is 10.0 Å². The van der Waals surface area contributed by atoms with Crippen LogP contribution in [0, 0.1) is 11.3 Å². The van der Waals surface area contributed by atoms with Crippen LogP contribution in [0.4, 0.5) is 4.79 Å². The quantitative estimate of drug-likeness (QED) is 0.853. The normalized spacial score (nSPS) is 18.0. The second kappa shape index (κ2) is 5.16. The number of fused-ring (bicyclic) bond motifs is 1. The molecule has 1 aliphatic carbocycles. The van der Waals surface area contributed by atoms with Crippen LogP contribution in [0.3, 0.4) is 0 Å². The average molecular weight is 272 g/mol. The maximum Gasteiger partial charge on any atom is 0.407 e. The highest BCUT2D eigenvalue weighted by atomic mass is 16.4. The van der Waals surface area contributed by atoms with Gasteiger partial charge in [0.25, 0.3) is 0 Å². The van der Waals surface area contributed by atoms with Gasteiger partial charge in [-0.15, -0.1) is 0 Å². The van der Waals surface area contributed by atoms with E-state index >= 15 is 0 Å². The summed E-state index contributed by atoms with van der Waals surface area (Å²) in [6.45, 7) is 5.78. The summed E-state index contributed by atoms with van der Waals surface area (Å²) in [7, 11) is 0. The molecule has 1 atom stereocenters. The zero-order valence-electron chi connectivity index (χ0n) is 12.2. The number of carboxylic acid groups (broad SMARTS) is 1. The summed E-state index contributed by atoms with van der Waals surface area (Å²) < 4.78 is 0. The van der Waals surface area contributed by atoms with Crippen molar-refractivity contribution in [3.63, 3.8) is 0 Å². The molecule has 0 fully saturated rings. The van der Waals surface area contributed by atoms with E-state index < -0.39 is 11.6 Å². The molecule has 0 spiro atoms. The number of nitrogens with zero attached hydrogens (tertiary/aromatic N) is 2. The summed E-state index contributed by atoms with van der Waals surface area (Å²) in [6.07, 6.45) is 1.51. The van der Waals surface area contributed by atoms with Gasteiger partial charge in [0.1, 0.15) is 0 Å². The van der Waals surface area contributed by atoms with Gasteiger partial charge in [0, 0.05) is 11.6 Å².